The number of carbonyl (C=O) groups is 1. The molecule has 1 unspecified atom stereocenters. The van der Waals surface area contributed by atoms with Gasteiger partial charge in [0, 0.05) is 31.7 Å². The summed E-state index contributed by atoms with van der Waals surface area (Å²) in [6, 6.07) is -0.214. The van der Waals surface area contributed by atoms with Gasteiger partial charge < -0.3 is 20.1 Å². The summed E-state index contributed by atoms with van der Waals surface area (Å²) in [5, 5.41) is 6.19. The maximum atomic E-state index is 12.0. The summed E-state index contributed by atoms with van der Waals surface area (Å²) in [6.45, 7) is 10.2. The second kappa shape index (κ2) is 9.82. The van der Waals surface area contributed by atoms with Crippen molar-refractivity contribution in [2.75, 3.05) is 52.6 Å². The zero-order valence-corrected chi connectivity index (χ0v) is 14.4. The number of hydrogen-bond donors (Lipinski definition) is 2. The first-order chi connectivity index (χ1) is 9.09. The van der Waals surface area contributed by atoms with Crippen LogP contribution >= 0.6 is 24.8 Å². The van der Waals surface area contributed by atoms with Gasteiger partial charge in [0.15, 0.2) is 0 Å². The molecule has 0 aromatic rings. The zero-order chi connectivity index (χ0) is 13.7. The van der Waals surface area contributed by atoms with E-state index >= 15 is 0 Å². The van der Waals surface area contributed by atoms with Crippen LogP contribution in [0.25, 0.3) is 0 Å². The first kappa shape index (κ1) is 20.9. The predicted octanol–water partition coefficient (Wildman–Crippen LogP) is 0.0454. The molecule has 0 aliphatic carbocycles. The Kier molecular flexibility index (Phi) is 9.76. The Morgan fingerprint density at radius 2 is 1.90 bits per heavy atom. The molecule has 0 bridgehead atoms. The van der Waals surface area contributed by atoms with Gasteiger partial charge in [-0.25, -0.2) is 0 Å². The summed E-state index contributed by atoms with van der Waals surface area (Å²) in [4.78, 5) is 14.4. The lowest BCUT2D eigenvalue weighted by Gasteiger charge is -2.41. The quantitative estimate of drug-likeness (QED) is 0.754. The summed E-state index contributed by atoms with van der Waals surface area (Å²) in [5.41, 5.74) is -0.0467. The molecule has 0 saturated carbocycles. The number of nitrogens with zero attached hydrogens (tertiary/aromatic N) is 1. The van der Waals surface area contributed by atoms with E-state index in [-0.39, 0.29) is 42.3 Å². The number of nitrogens with one attached hydrogen (secondary N) is 2. The summed E-state index contributed by atoms with van der Waals surface area (Å²) >= 11 is 0. The molecule has 21 heavy (non-hydrogen) atoms. The molecule has 0 aromatic carbocycles. The van der Waals surface area contributed by atoms with Gasteiger partial charge in [-0.2, -0.15) is 0 Å². The Hall–Kier alpha value is -0.110. The molecule has 2 N–H and O–H groups in total. The topological polar surface area (TPSA) is 62.8 Å². The smallest absolute Gasteiger partial charge is 0.239 e. The van der Waals surface area contributed by atoms with E-state index in [9.17, 15) is 4.79 Å². The Bertz CT molecular complexity index is 307. The van der Waals surface area contributed by atoms with Gasteiger partial charge in [0.25, 0.3) is 0 Å². The molecule has 2 aliphatic rings. The zero-order valence-electron chi connectivity index (χ0n) is 12.7. The highest BCUT2D eigenvalue weighted by Crippen LogP contribution is 2.15. The second-order valence-corrected chi connectivity index (χ2v) is 5.71. The number of morpholine rings is 2. The van der Waals surface area contributed by atoms with Crippen LogP contribution in [0.4, 0.5) is 0 Å². The molecule has 0 aromatic heterocycles. The van der Waals surface area contributed by atoms with Crippen LogP contribution in [0.5, 0.6) is 0 Å². The number of hydrogen-bond acceptors (Lipinski definition) is 5. The maximum Gasteiger partial charge on any atom is 0.239 e. The Morgan fingerprint density at radius 3 is 2.48 bits per heavy atom. The highest BCUT2D eigenvalue weighted by Gasteiger charge is 2.30. The molecule has 2 saturated heterocycles. The van der Waals surface area contributed by atoms with Gasteiger partial charge in [-0.05, 0) is 13.8 Å². The van der Waals surface area contributed by atoms with E-state index in [1.807, 2.05) is 0 Å². The fraction of sp³-hybridized carbons (Fsp3) is 0.923. The fourth-order valence-electron chi connectivity index (χ4n) is 2.44. The second-order valence-electron chi connectivity index (χ2n) is 5.71. The van der Waals surface area contributed by atoms with Gasteiger partial charge in [-0.1, -0.05) is 0 Å². The number of rotatable bonds is 4. The molecule has 1 atom stereocenters. The normalized spacial score (nSPS) is 23.6. The van der Waals surface area contributed by atoms with Gasteiger partial charge in [-0.15, -0.1) is 24.8 Å². The number of halogens is 2. The predicted molar refractivity (Wildman–Crippen MR) is 86.6 cm³/mol. The Morgan fingerprint density at radius 1 is 1.24 bits per heavy atom. The van der Waals surface area contributed by atoms with Crippen LogP contribution in [-0.2, 0) is 14.3 Å². The van der Waals surface area contributed by atoms with E-state index in [1.54, 1.807) is 0 Å². The minimum Gasteiger partial charge on any atom is -0.379 e. The van der Waals surface area contributed by atoms with Gasteiger partial charge in [0.2, 0.25) is 5.91 Å². The van der Waals surface area contributed by atoms with Crippen LogP contribution in [0, 0.1) is 0 Å². The van der Waals surface area contributed by atoms with E-state index in [2.05, 4.69) is 29.4 Å². The molecular formula is C13H27Cl2N3O3. The third kappa shape index (κ3) is 6.26. The van der Waals surface area contributed by atoms with E-state index in [4.69, 9.17) is 9.47 Å². The van der Waals surface area contributed by atoms with Gasteiger partial charge in [-0.3, -0.25) is 9.69 Å². The van der Waals surface area contributed by atoms with E-state index in [1.165, 1.54) is 0 Å². The third-order valence-electron chi connectivity index (χ3n) is 3.80. The molecule has 2 rings (SSSR count). The summed E-state index contributed by atoms with van der Waals surface area (Å²) in [5.74, 6) is 0.0287. The van der Waals surface area contributed by atoms with Gasteiger partial charge in [0.1, 0.15) is 6.04 Å². The fourth-order valence-corrected chi connectivity index (χ4v) is 2.44. The van der Waals surface area contributed by atoms with Crippen LogP contribution in [-0.4, -0.2) is 75.0 Å². The first-order valence-electron chi connectivity index (χ1n) is 7.01. The average molecular weight is 344 g/mol. The SMILES string of the molecule is CC(C)(CNC(=O)C1COCCN1)N1CCOCC1.Cl.Cl. The number of carbonyl (C=O) groups excluding carboxylic acids is 1. The van der Waals surface area contributed by atoms with Crippen molar-refractivity contribution >= 4 is 30.7 Å². The van der Waals surface area contributed by atoms with Crippen molar-refractivity contribution in [3.63, 3.8) is 0 Å². The maximum absolute atomic E-state index is 12.0. The summed E-state index contributed by atoms with van der Waals surface area (Å²) in [7, 11) is 0. The van der Waals surface area contributed by atoms with Crippen LogP contribution in [0.2, 0.25) is 0 Å². The molecule has 2 heterocycles. The lowest BCUT2D eigenvalue weighted by Crippen LogP contribution is -2.58. The molecule has 6 nitrogen and oxygen atoms in total. The minimum atomic E-state index is -0.214. The van der Waals surface area contributed by atoms with Crippen molar-refractivity contribution in [3.05, 3.63) is 0 Å². The van der Waals surface area contributed by atoms with Crippen molar-refractivity contribution in [2.45, 2.75) is 25.4 Å². The highest BCUT2D eigenvalue weighted by molar-refractivity contribution is 5.85. The van der Waals surface area contributed by atoms with E-state index in [0.29, 0.717) is 19.8 Å². The van der Waals surface area contributed by atoms with Crippen LogP contribution in [0.3, 0.4) is 0 Å². The lowest BCUT2D eigenvalue weighted by atomic mass is 10.0. The molecular weight excluding hydrogens is 317 g/mol. The Labute approximate surface area is 139 Å². The lowest BCUT2D eigenvalue weighted by molar-refractivity contribution is -0.126. The van der Waals surface area contributed by atoms with E-state index < -0.39 is 0 Å². The molecule has 0 radical (unpaired) electrons. The van der Waals surface area contributed by atoms with Crippen molar-refractivity contribution in [1.29, 1.82) is 0 Å². The van der Waals surface area contributed by atoms with Crippen molar-refractivity contribution in [3.8, 4) is 0 Å². The minimum absolute atomic E-state index is 0. The van der Waals surface area contributed by atoms with Crippen molar-refractivity contribution in [1.82, 2.24) is 15.5 Å². The van der Waals surface area contributed by atoms with Gasteiger partial charge in [0.05, 0.1) is 26.4 Å². The molecule has 2 aliphatic heterocycles. The molecule has 2 fully saturated rings. The van der Waals surface area contributed by atoms with E-state index in [0.717, 1.165) is 32.8 Å². The molecule has 126 valence electrons. The largest absolute Gasteiger partial charge is 0.379 e. The summed E-state index contributed by atoms with van der Waals surface area (Å²) < 4.78 is 10.7. The average Bonchev–Trinajstić information content (AvgIpc) is 2.47. The Balaban J connectivity index is 0.00000200. The standard InChI is InChI=1S/C13H25N3O3.2ClH/c1-13(2,16-4-7-18-8-5-16)10-15-12(17)11-9-19-6-3-14-11;;/h11,14H,3-10H2,1-2H3,(H,15,17);2*1H. The van der Waals surface area contributed by atoms with Crippen LogP contribution in [0.15, 0.2) is 0 Å². The molecule has 1 amide bonds. The molecule has 0 spiro atoms. The van der Waals surface area contributed by atoms with Crippen molar-refractivity contribution in [2.24, 2.45) is 0 Å². The van der Waals surface area contributed by atoms with Crippen LogP contribution < -0.4 is 10.6 Å². The monoisotopic (exact) mass is 343 g/mol. The molecule has 8 heteroatoms. The van der Waals surface area contributed by atoms with Crippen molar-refractivity contribution < 1.29 is 14.3 Å². The van der Waals surface area contributed by atoms with Crippen LogP contribution in [0.1, 0.15) is 13.8 Å². The highest BCUT2D eigenvalue weighted by atomic mass is 35.5. The van der Waals surface area contributed by atoms with Gasteiger partial charge >= 0.3 is 0 Å². The third-order valence-corrected chi connectivity index (χ3v) is 3.80. The summed E-state index contributed by atoms with van der Waals surface area (Å²) in [6.07, 6.45) is 0. The number of amides is 1. The number of ether oxygens (including phenoxy) is 2. The first-order valence-corrected chi connectivity index (χ1v) is 7.01.